The first-order chi connectivity index (χ1) is 5.01. The first kappa shape index (κ1) is 9.36. The van der Waals surface area contributed by atoms with Gasteiger partial charge in [0, 0.05) is 29.6 Å². The molecule has 1 unspecified atom stereocenters. The van der Waals surface area contributed by atoms with Crippen molar-refractivity contribution in [3.63, 3.8) is 0 Å². The van der Waals surface area contributed by atoms with Crippen LogP contribution in [0.3, 0.4) is 0 Å². The Morgan fingerprint density at radius 1 is 1.55 bits per heavy atom. The van der Waals surface area contributed by atoms with Crippen molar-refractivity contribution in [2.24, 2.45) is 0 Å². The van der Waals surface area contributed by atoms with Gasteiger partial charge in [-0.1, -0.05) is 35.6 Å². The second kappa shape index (κ2) is 3.33. The molecule has 0 aromatic carbocycles. The number of hydrogen-bond acceptors (Lipinski definition) is 1. The SMILES string of the molecule is CN(C)C1=CCCC(C)(I)C1. The van der Waals surface area contributed by atoms with E-state index in [1.165, 1.54) is 25.0 Å². The van der Waals surface area contributed by atoms with Crippen molar-refractivity contribution < 1.29 is 0 Å². The lowest BCUT2D eigenvalue weighted by Crippen LogP contribution is -2.25. The molecule has 0 aromatic heterocycles. The van der Waals surface area contributed by atoms with E-state index in [0.29, 0.717) is 3.42 Å². The minimum atomic E-state index is 0.492. The van der Waals surface area contributed by atoms with Crippen LogP contribution in [0.25, 0.3) is 0 Å². The maximum absolute atomic E-state index is 2.57. The molecule has 11 heavy (non-hydrogen) atoms. The van der Waals surface area contributed by atoms with E-state index in [1.54, 1.807) is 0 Å². The van der Waals surface area contributed by atoms with Gasteiger partial charge in [0.05, 0.1) is 0 Å². The van der Waals surface area contributed by atoms with Gasteiger partial charge in [-0.05, 0) is 12.8 Å². The van der Waals surface area contributed by atoms with Gasteiger partial charge in [0.25, 0.3) is 0 Å². The highest BCUT2D eigenvalue weighted by atomic mass is 127. The fourth-order valence-corrected chi connectivity index (χ4v) is 2.12. The maximum atomic E-state index is 2.57. The van der Waals surface area contributed by atoms with Crippen molar-refractivity contribution >= 4 is 22.6 Å². The molecule has 0 amide bonds. The summed E-state index contributed by atoms with van der Waals surface area (Å²) in [4.78, 5) is 2.23. The molecule has 1 nitrogen and oxygen atoms in total. The average Bonchev–Trinajstić information content (AvgIpc) is 1.85. The zero-order chi connectivity index (χ0) is 8.48. The van der Waals surface area contributed by atoms with E-state index in [9.17, 15) is 0 Å². The van der Waals surface area contributed by atoms with Gasteiger partial charge in [-0.15, -0.1) is 0 Å². The Bertz CT molecular complexity index is 170. The Labute approximate surface area is 83.0 Å². The lowest BCUT2D eigenvalue weighted by molar-refractivity contribution is 0.434. The van der Waals surface area contributed by atoms with Crippen LogP contribution in [0.1, 0.15) is 26.2 Å². The van der Waals surface area contributed by atoms with Crippen LogP contribution in [0.5, 0.6) is 0 Å². The van der Waals surface area contributed by atoms with E-state index < -0.39 is 0 Å². The van der Waals surface area contributed by atoms with Crippen LogP contribution in [0.2, 0.25) is 0 Å². The fourth-order valence-electron chi connectivity index (χ4n) is 1.42. The first-order valence-electron chi connectivity index (χ1n) is 4.06. The van der Waals surface area contributed by atoms with Gasteiger partial charge in [-0.2, -0.15) is 0 Å². The van der Waals surface area contributed by atoms with Crippen LogP contribution in [-0.2, 0) is 0 Å². The second-order valence-electron chi connectivity index (χ2n) is 3.72. The van der Waals surface area contributed by atoms with Crippen LogP contribution in [-0.4, -0.2) is 22.4 Å². The Kier molecular flexibility index (Phi) is 2.84. The van der Waals surface area contributed by atoms with Gasteiger partial charge in [0.15, 0.2) is 0 Å². The molecular formula is C9H16IN. The van der Waals surface area contributed by atoms with Crippen molar-refractivity contribution in [3.05, 3.63) is 11.8 Å². The summed E-state index contributed by atoms with van der Waals surface area (Å²) in [6.45, 7) is 2.34. The summed E-state index contributed by atoms with van der Waals surface area (Å²) >= 11 is 2.57. The third-order valence-electron chi connectivity index (χ3n) is 2.17. The number of nitrogens with zero attached hydrogens (tertiary/aromatic N) is 1. The molecule has 0 saturated carbocycles. The Hall–Kier alpha value is 0.270. The normalized spacial score (nSPS) is 31.5. The molecule has 64 valence electrons. The lowest BCUT2D eigenvalue weighted by Gasteiger charge is -2.31. The van der Waals surface area contributed by atoms with E-state index >= 15 is 0 Å². The molecule has 1 aliphatic carbocycles. The topological polar surface area (TPSA) is 3.24 Å². The Morgan fingerprint density at radius 2 is 2.18 bits per heavy atom. The molecule has 0 spiro atoms. The zero-order valence-electron chi connectivity index (χ0n) is 7.52. The molecule has 0 aliphatic heterocycles. The lowest BCUT2D eigenvalue weighted by atomic mass is 9.93. The Morgan fingerprint density at radius 3 is 2.55 bits per heavy atom. The van der Waals surface area contributed by atoms with Gasteiger partial charge < -0.3 is 4.90 Å². The summed E-state index contributed by atoms with van der Waals surface area (Å²) in [7, 11) is 4.26. The van der Waals surface area contributed by atoms with Gasteiger partial charge in [0.1, 0.15) is 0 Å². The number of alkyl halides is 1. The number of halogens is 1. The predicted octanol–water partition coefficient (Wildman–Crippen LogP) is 2.81. The minimum absolute atomic E-state index is 0.492. The van der Waals surface area contributed by atoms with Crippen LogP contribution in [0, 0.1) is 0 Å². The second-order valence-corrected chi connectivity index (χ2v) is 6.32. The molecule has 0 heterocycles. The van der Waals surface area contributed by atoms with E-state index in [2.05, 4.69) is 54.6 Å². The molecule has 0 bridgehead atoms. The molecule has 1 atom stereocenters. The maximum Gasteiger partial charge on any atom is 0.0251 e. The van der Waals surface area contributed by atoms with Crippen LogP contribution in [0.4, 0.5) is 0 Å². The summed E-state index contributed by atoms with van der Waals surface area (Å²) in [5.74, 6) is 0. The molecule has 0 aromatic rings. The summed E-state index contributed by atoms with van der Waals surface area (Å²) in [6.07, 6.45) is 6.15. The molecule has 0 fully saturated rings. The molecule has 2 heteroatoms. The number of rotatable bonds is 1. The van der Waals surface area contributed by atoms with Crippen molar-refractivity contribution in [2.75, 3.05) is 14.1 Å². The highest BCUT2D eigenvalue weighted by Crippen LogP contribution is 2.36. The summed E-state index contributed by atoms with van der Waals surface area (Å²) in [5.41, 5.74) is 1.49. The third-order valence-corrected chi connectivity index (χ3v) is 3.09. The molecule has 1 aliphatic rings. The first-order valence-corrected chi connectivity index (χ1v) is 5.14. The van der Waals surface area contributed by atoms with Crippen LogP contribution < -0.4 is 0 Å². The zero-order valence-corrected chi connectivity index (χ0v) is 9.68. The molecule has 0 N–H and O–H groups in total. The summed E-state index contributed by atoms with van der Waals surface area (Å²) in [5, 5.41) is 0. The van der Waals surface area contributed by atoms with E-state index in [-0.39, 0.29) is 0 Å². The van der Waals surface area contributed by atoms with Crippen molar-refractivity contribution in [2.45, 2.75) is 29.6 Å². The smallest absolute Gasteiger partial charge is 0.0251 e. The highest BCUT2D eigenvalue weighted by Gasteiger charge is 2.25. The van der Waals surface area contributed by atoms with Crippen molar-refractivity contribution in [1.29, 1.82) is 0 Å². The van der Waals surface area contributed by atoms with Gasteiger partial charge in [-0.25, -0.2) is 0 Å². The monoisotopic (exact) mass is 265 g/mol. The van der Waals surface area contributed by atoms with E-state index in [4.69, 9.17) is 0 Å². The standard InChI is InChI=1S/C9H16IN/c1-9(10)6-4-5-8(7-9)11(2)3/h5H,4,6-7H2,1-3H3. The van der Waals surface area contributed by atoms with E-state index in [1.807, 2.05) is 0 Å². The summed E-state index contributed by atoms with van der Waals surface area (Å²) < 4.78 is 0.492. The van der Waals surface area contributed by atoms with Gasteiger partial charge in [0.2, 0.25) is 0 Å². The summed E-state index contributed by atoms with van der Waals surface area (Å²) in [6, 6.07) is 0. The highest BCUT2D eigenvalue weighted by molar-refractivity contribution is 14.1. The molecule has 1 rings (SSSR count). The number of hydrogen-bond donors (Lipinski definition) is 0. The van der Waals surface area contributed by atoms with Crippen LogP contribution in [0.15, 0.2) is 11.8 Å². The largest absolute Gasteiger partial charge is 0.381 e. The minimum Gasteiger partial charge on any atom is -0.381 e. The predicted molar refractivity (Wildman–Crippen MR) is 58.0 cm³/mol. The van der Waals surface area contributed by atoms with Crippen molar-refractivity contribution in [1.82, 2.24) is 4.90 Å². The number of allylic oxidation sites excluding steroid dienone is 2. The van der Waals surface area contributed by atoms with Crippen LogP contribution >= 0.6 is 22.6 Å². The average molecular weight is 265 g/mol. The van der Waals surface area contributed by atoms with E-state index in [0.717, 1.165) is 0 Å². The molecule has 0 radical (unpaired) electrons. The third kappa shape index (κ3) is 2.65. The fraction of sp³-hybridized carbons (Fsp3) is 0.778. The quantitative estimate of drug-likeness (QED) is 0.520. The van der Waals surface area contributed by atoms with Gasteiger partial charge in [-0.3, -0.25) is 0 Å². The Balaban J connectivity index is 2.63. The molecular weight excluding hydrogens is 249 g/mol. The van der Waals surface area contributed by atoms with Crippen molar-refractivity contribution in [3.8, 4) is 0 Å². The van der Waals surface area contributed by atoms with Gasteiger partial charge >= 0.3 is 0 Å². The molecule has 0 saturated heterocycles.